The minimum absolute atomic E-state index is 0.0479. The van der Waals surface area contributed by atoms with E-state index in [4.69, 9.17) is 14.2 Å². The van der Waals surface area contributed by atoms with Gasteiger partial charge >= 0.3 is 11.9 Å². The predicted octanol–water partition coefficient (Wildman–Crippen LogP) is 0.836. The summed E-state index contributed by atoms with van der Waals surface area (Å²) in [4.78, 5) is 30.2. The Balaban J connectivity index is 1.85. The van der Waals surface area contributed by atoms with E-state index in [1.54, 1.807) is 7.11 Å². The number of hydrogen-bond acceptors (Lipinski definition) is 9. The number of ether oxygens (including phenoxy) is 3. The van der Waals surface area contributed by atoms with Gasteiger partial charge in [0.2, 0.25) is 5.60 Å². The first-order valence-corrected chi connectivity index (χ1v) is 11.9. The number of fused-ring (bicyclic) bond motifs is 1. The number of hydrogen-bond donors (Lipinski definition) is 2. The Hall–Kier alpha value is -2.36. The maximum atomic E-state index is 13.5. The summed E-state index contributed by atoms with van der Waals surface area (Å²) in [6, 6.07) is 4.84. The average Bonchev–Trinajstić information content (AvgIpc) is 3.46. The van der Waals surface area contributed by atoms with Crippen LogP contribution in [0.15, 0.2) is 18.2 Å². The SMILES string of the molecule is CC[C@]12C[C@H](CO)N3CC[C@@]4(c5ccc(OC)cc5N(C)[C@H]4[C@@](O)(C(=O)OC)[C@@H]1OC(C)=O)[C@@H]32. The number of benzene rings is 1. The van der Waals surface area contributed by atoms with E-state index in [9.17, 15) is 19.8 Å². The fraction of sp³-hybridized carbons (Fsp3) is 0.680. The van der Waals surface area contributed by atoms with Crippen molar-refractivity contribution in [1.82, 2.24) is 4.90 Å². The van der Waals surface area contributed by atoms with Gasteiger partial charge in [-0.1, -0.05) is 13.0 Å². The second kappa shape index (κ2) is 7.57. The minimum atomic E-state index is -2.12. The summed E-state index contributed by atoms with van der Waals surface area (Å²) in [6.07, 6.45) is 0.627. The monoisotopic (exact) mass is 474 g/mol. The second-order valence-electron chi connectivity index (χ2n) is 10.3. The fourth-order valence-electron chi connectivity index (χ4n) is 8.27. The molecule has 0 amide bonds. The Morgan fingerprint density at radius 3 is 2.56 bits per heavy atom. The Morgan fingerprint density at radius 2 is 1.97 bits per heavy atom. The number of methoxy groups -OCH3 is 2. The topological polar surface area (TPSA) is 109 Å². The smallest absolute Gasteiger partial charge is 0.344 e. The molecule has 1 aliphatic carbocycles. The van der Waals surface area contributed by atoms with E-state index < -0.39 is 40.5 Å². The fourth-order valence-corrected chi connectivity index (χ4v) is 8.27. The van der Waals surface area contributed by atoms with Crippen LogP contribution in [0.3, 0.4) is 0 Å². The van der Waals surface area contributed by atoms with Crippen LogP contribution in [0.4, 0.5) is 5.69 Å². The first kappa shape index (κ1) is 23.4. The van der Waals surface area contributed by atoms with Crippen molar-refractivity contribution in [1.29, 1.82) is 0 Å². The van der Waals surface area contributed by atoms with Gasteiger partial charge in [0.05, 0.1) is 26.9 Å². The lowest BCUT2D eigenvalue weighted by Gasteiger charge is -2.60. The van der Waals surface area contributed by atoms with Crippen LogP contribution in [0.25, 0.3) is 0 Å². The number of aliphatic hydroxyl groups is 2. The maximum Gasteiger partial charge on any atom is 0.344 e. The summed E-state index contributed by atoms with van der Waals surface area (Å²) in [5.41, 5.74) is -1.59. The molecule has 3 heterocycles. The van der Waals surface area contributed by atoms with Gasteiger partial charge in [0, 0.05) is 48.6 Å². The quantitative estimate of drug-likeness (QED) is 0.600. The number of esters is 2. The van der Waals surface area contributed by atoms with E-state index in [0.717, 1.165) is 11.3 Å². The summed E-state index contributed by atoms with van der Waals surface area (Å²) in [7, 11) is 4.71. The van der Waals surface area contributed by atoms with Gasteiger partial charge in [0.1, 0.15) is 5.75 Å². The van der Waals surface area contributed by atoms with Crippen molar-refractivity contribution < 1.29 is 34.0 Å². The highest BCUT2D eigenvalue weighted by Gasteiger charge is 2.82. The highest BCUT2D eigenvalue weighted by Crippen LogP contribution is 2.70. The third kappa shape index (κ3) is 2.50. The molecule has 9 nitrogen and oxygen atoms in total. The summed E-state index contributed by atoms with van der Waals surface area (Å²) in [5.74, 6) is -0.702. The Labute approximate surface area is 199 Å². The molecule has 3 fully saturated rings. The van der Waals surface area contributed by atoms with E-state index in [1.807, 2.05) is 37.1 Å². The Bertz CT molecular complexity index is 1030. The van der Waals surface area contributed by atoms with Gasteiger partial charge in [0.15, 0.2) is 6.10 Å². The Kier molecular flexibility index (Phi) is 5.21. The molecule has 2 saturated heterocycles. The zero-order valence-corrected chi connectivity index (χ0v) is 20.4. The summed E-state index contributed by atoms with van der Waals surface area (Å²) >= 11 is 0. The highest BCUT2D eigenvalue weighted by atomic mass is 16.6. The zero-order chi connectivity index (χ0) is 24.6. The molecule has 186 valence electrons. The van der Waals surface area contributed by atoms with Crippen LogP contribution in [-0.4, -0.2) is 91.3 Å². The van der Waals surface area contributed by atoms with E-state index >= 15 is 0 Å². The number of carbonyl (C=O) groups excluding carboxylic acids is 2. The molecule has 2 N–H and O–H groups in total. The van der Waals surface area contributed by atoms with Crippen LogP contribution in [0.5, 0.6) is 5.75 Å². The third-order valence-electron chi connectivity index (χ3n) is 9.20. The molecule has 1 spiro atoms. The van der Waals surface area contributed by atoms with Crippen LogP contribution in [0.2, 0.25) is 0 Å². The molecular weight excluding hydrogens is 440 g/mol. The number of aliphatic hydroxyl groups excluding tert-OH is 1. The standard InChI is InChI=1S/C25H34N2O7/c1-6-23-12-15(13-28)27-10-9-24(19(23)27)17-8-7-16(32-4)11-18(17)26(3)20(24)25(31,22(30)33-5)21(23)34-14(2)29/h7-8,11,15,19-21,28,31H,6,9-10,12-13H2,1-5H3/t15-,19+,20-,21-,23-,24-,25+/m1/s1. The number of likely N-dealkylation sites (N-methyl/N-ethyl adjacent to an activating group) is 1. The van der Waals surface area contributed by atoms with Crippen molar-refractivity contribution in [3.8, 4) is 5.75 Å². The van der Waals surface area contributed by atoms with Crippen molar-refractivity contribution >= 4 is 17.6 Å². The molecule has 4 aliphatic rings. The van der Waals surface area contributed by atoms with Crippen LogP contribution < -0.4 is 9.64 Å². The molecule has 0 aromatic heterocycles. The second-order valence-corrected chi connectivity index (χ2v) is 10.3. The first-order valence-electron chi connectivity index (χ1n) is 11.9. The molecule has 0 unspecified atom stereocenters. The molecule has 7 atom stereocenters. The largest absolute Gasteiger partial charge is 0.497 e. The molecular formula is C25H34N2O7. The predicted molar refractivity (Wildman–Crippen MR) is 123 cm³/mol. The first-order chi connectivity index (χ1) is 16.2. The molecule has 34 heavy (non-hydrogen) atoms. The van der Waals surface area contributed by atoms with Crippen LogP contribution in [0, 0.1) is 5.41 Å². The van der Waals surface area contributed by atoms with Gasteiger partial charge < -0.3 is 29.3 Å². The molecule has 0 radical (unpaired) electrons. The summed E-state index contributed by atoms with van der Waals surface area (Å²) in [6.45, 7) is 3.96. The molecule has 1 saturated carbocycles. The van der Waals surface area contributed by atoms with Gasteiger partial charge in [0.25, 0.3) is 0 Å². The van der Waals surface area contributed by atoms with E-state index in [1.165, 1.54) is 14.0 Å². The minimum Gasteiger partial charge on any atom is -0.497 e. The van der Waals surface area contributed by atoms with Crippen LogP contribution in [0.1, 0.15) is 38.7 Å². The van der Waals surface area contributed by atoms with Gasteiger partial charge in [-0.05, 0) is 37.4 Å². The van der Waals surface area contributed by atoms with Gasteiger partial charge in [-0.15, -0.1) is 0 Å². The molecule has 9 heteroatoms. The summed E-state index contributed by atoms with van der Waals surface area (Å²) < 4.78 is 16.6. The lowest BCUT2D eigenvalue weighted by molar-refractivity contribution is -0.229. The number of carbonyl (C=O) groups is 2. The van der Waals surface area contributed by atoms with Crippen molar-refractivity contribution in [2.24, 2.45) is 5.41 Å². The Morgan fingerprint density at radius 1 is 1.24 bits per heavy atom. The lowest BCUT2D eigenvalue weighted by atomic mass is 9.48. The van der Waals surface area contributed by atoms with E-state index in [2.05, 4.69) is 4.90 Å². The van der Waals surface area contributed by atoms with Gasteiger partial charge in [-0.2, -0.15) is 0 Å². The van der Waals surface area contributed by atoms with E-state index in [0.29, 0.717) is 31.6 Å². The lowest BCUT2D eigenvalue weighted by Crippen LogP contribution is -2.79. The van der Waals surface area contributed by atoms with Crippen LogP contribution in [-0.2, 0) is 24.5 Å². The van der Waals surface area contributed by atoms with E-state index in [-0.39, 0.29) is 18.7 Å². The number of nitrogens with zero attached hydrogens (tertiary/aromatic N) is 2. The average molecular weight is 475 g/mol. The maximum absolute atomic E-state index is 13.5. The summed E-state index contributed by atoms with van der Waals surface area (Å²) in [5, 5.41) is 22.8. The molecule has 0 bridgehead atoms. The number of anilines is 1. The van der Waals surface area contributed by atoms with Crippen molar-refractivity contribution in [2.45, 2.75) is 68.4 Å². The highest BCUT2D eigenvalue weighted by molar-refractivity contribution is 5.86. The molecule has 1 aromatic rings. The van der Waals surface area contributed by atoms with Gasteiger partial charge in [-0.3, -0.25) is 9.69 Å². The molecule has 1 aromatic carbocycles. The third-order valence-corrected chi connectivity index (χ3v) is 9.20. The normalized spacial score (nSPS) is 39.9. The van der Waals surface area contributed by atoms with Crippen molar-refractivity contribution in [2.75, 3.05) is 39.3 Å². The van der Waals surface area contributed by atoms with Gasteiger partial charge in [-0.25, -0.2) is 4.79 Å². The molecule has 5 rings (SSSR count). The van der Waals surface area contributed by atoms with Crippen LogP contribution >= 0.6 is 0 Å². The molecule has 3 aliphatic heterocycles. The van der Waals surface area contributed by atoms with Crippen molar-refractivity contribution in [3.05, 3.63) is 23.8 Å². The number of rotatable bonds is 5. The van der Waals surface area contributed by atoms with Crippen molar-refractivity contribution in [3.63, 3.8) is 0 Å². The zero-order valence-electron chi connectivity index (χ0n) is 20.4.